The number of hydrogen-bond donors (Lipinski definition) is 1. The van der Waals surface area contributed by atoms with E-state index in [2.05, 4.69) is 15.5 Å². The van der Waals surface area contributed by atoms with Crippen molar-refractivity contribution in [3.05, 3.63) is 106 Å². The van der Waals surface area contributed by atoms with Gasteiger partial charge in [0.05, 0.1) is 0 Å². The number of para-hydroxylation sites is 1. The standard InChI is InChI=1S/C26H19FN4O4S2/c1-17-6-8-18(9-7-17)14-24-30-31-26(36-24)29-25(32)20(16-28)15-19-4-2-3-5-23(19)35-37(33,34)22-12-10-21(27)11-13-22/h2-13,15H,14H2,1H3,(H,29,31,32)/b20-15+. The lowest BCUT2D eigenvalue weighted by molar-refractivity contribution is -0.112. The molecule has 1 amide bonds. The van der Waals surface area contributed by atoms with Crippen LogP contribution in [0.3, 0.4) is 0 Å². The van der Waals surface area contributed by atoms with E-state index < -0.39 is 21.8 Å². The van der Waals surface area contributed by atoms with Crippen LogP contribution in [0.2, 0.25) is 0 Å². The highest BCUT2D eigenvalue weighted by Gasteiger charge is 2.19. The van der Waals surface area contributed by atoms with Crippen LogP contribution >= 0.6 is 11.3 Å². The molecular formula is C26H19FN4O4S2. The van der Waals surface area contributed by atoms with Crippen LogP contribution in [0.25, 0.3) is 6.08 Å². The molecule has 0 radical (unpaired) electrons. The van der Waals surface area contributed by atoms with Gasteiger partial charge in [0.1, 0.15) is 33.1 Å². The number of carbonyl (C=O) groups is 1. The average Bonchev–Trinajstić information content (AvgIpc) is 3.31. The average molecular weight is 535 g/mol. The molecule has 0 fully saturated rings. The fourth-order valence-corrected chi connectivity index (χ4v) is 4.89. The van der Waals surface area contributed by atoms with Gasteiger partial charge in [-0.25, -0.2) is 4.39 Å². The van der Waals surface area contributed by atoms with E-state index in [1.165, 1.54) is 35.6 Å². The number of hydrogen-bond acceptors (Lipinski definition) is 8. The van der Waals surface area contributed by atoms with Crippen LogP contribution in [0.1, 0.15) is 21.7 Å². The van der Waals surface area contributed by atoms with Crippen molar-refractivity contribution in [2.75, 3.05) is 5.32 Å². The summed E-state index contributed by atoms with van der Waals surface area (Å²) in [4.78, 5) is 12.5. The molecule has 4 rings (SSSR count). The molecule has 0 unspecified atom stereocenters. The Bertz CT molecular complexity index is 1610. The molecule has 3 aromatic carbocycles. The van der Waals surface area contributed by atoms with E-state index in [-0.39, 0.29) is 26.9 Å². The van der Waals surface area contributed by atoms with Crippen molar-refractivity contribution in [2.45, 2.75) is 18.2 Å². The second-order valence-electron chi connectivity index (χ2n) is 7.82. The summed E-state index contributed by atoms with van der Waals surface area (Å²) >= 11 is 1.18. The van der Waals surface area contributed by atoms with Gasteiger partial charge in [-0.1, -0.05) is 59.4 Å². The minimum atomic E-state index is -4.29. The smallest absolute Gasteiger partial charge is 0.339 e. The first-order valence-corrected chi connectivity index (χ1v) is 13.1. The summed E-state index contributed by atoms with van der Waals surface area (Å²) in [6.07, 6.45) is 1.75. The monoisotopic (exact) mass is 534 g/mol. The lowest BCUT2D eigenvalue weighted by Gasteiger charge is -2.10. The van der Waals surface area contributed by atoms with Crippen molar-refractivity contribution in [2.24, 2.45) is 0 Å². The maximum absolute atomic E-state index is 13.2. The number of benzene rings is 3. The maximum Gasteiger partial charge on any atom is 0.339 e. The first kappa shape index (κ1) is 25.7. The number of anilines is 1. The summed E-state index contributed by atoms with van der Waals surface area (Å²) in [6.45, 7) is 2.00. The molecule has 11 heteroatoms. The van der Waals surface area contributed by atoms with Gasteiger partial charge in [0.2, 0.25) is 5.13 Å². The van der Waals surface area contributed by atoms with Crippen LogP contribution in [0.5, 0.6) is 5.75 Å². The topological polar surface area (TPSA) is 122 Å². The van der Waals surface area contributed by atoms with E-state index in [4.69, 9.17) is 4.18 Å². The molecule has 0 aliphatic carbocycles. The predicted molar refractivity (Wildman–Crippen MR) is 137 cm³/mol. The molecule has 0 saturated carbocycles. The summed E-state index contributed by atoms with van der Waals surface area (Å²) in [6, 6.07) is 19.9. The van der Waals surface area contributed by atoms with Crippen molar-refractivity contribution in [3.63, 3.8) is 0 Å². The maximum atomic E-state index is 13.2. The van der Waals surface area contributed by atoms with Crippen LogP contribution in [0, 0.1) is 24.1 Å². The fourth-order valence-electron chi connectivity index (χ4n) is 3.17. The number of nitrogens with one attached hydrogen (secondary N) is 1. The summed E-state index contributed by atoms with van der Waals surface area (Å²) in [5, 5.41) is 21.1. The van der Waals surface area contributed by atoms with Crippen molar-refractivity contribution in [1.29, 1.82) is 5.26 Å². The molecular weight excluding hydrogens is 515 g/mol. The van der Waals surface area contributed by atoms with Crippen LogP contribution < -0.4 is 9.50 Å². The van der Waals surface area contributed by atoms with Gasteiger partial charge in [-0.05, 0) is 48.9 Å². The van der Waals surface area contributed by atoms with Gasteiger partial charge in [0, 0.05) is 12.0 Å². The van der Waals surface area contributed by atoms with Gasteiger partial charge < -0.3 is 4.18 Å². The Kier molecular flexibility index (Phi) is 7.71. The molecule has 0 aliphatic heterocycles. The summed E-state index contributed by atoms with van der Waals surface area (Å²) < 4.78 is 43.6. The van der Waals surface area contributed by atoms with Gasteiger partial charge >= 0.3 is 10.1 Å². The van der Waals surface area contributed by atoms with E-state index in [0.717, 1.165) is 35.4 Å². The van der Waals surface area contributed by atoms with Crippen molar-refractivity contribution >= 4 is 38.6 Å². The summed E-state index contributed by atoms with van der Waals surface area (Å²) in [5.41, 5.74) is 2.07. The highest BCUT2D eigenvalue weighted by Crippen LogP contribution is 2.26. The first-order valence-electron chi connectivity index (χ1n) is 10.8. The zero-order valence-electron chi connectivity index (χ0n) is 19.4. The van der Waals surface area contributed by atoms with Gasteiger partial charge in [0.25, 0.3) is 5.91 Å². The third kappa shape index (κ3) is 6.63. The molecule has 0 aliphatic rings. The number of rotatable bonds is 8. The molecule has 37 heavy (non-hydrogen) atoms. The lowest BCUT2D eigenvalue weighted by Crippen LogP contribution is -2.14. The van der Waals surface area contributed by atoms with Gasteiger partial charge in [0.15, 0.2) is 0 Å². The van der Waals surface area contributed by atoms with Crippen LogP contribution in [-0.4, -0.2) is 24.5 Å². The van der Waals surface area contributed by atoms with E-state index >= 15 is 0 Å². The quantitative estimate of drug-likeness (QED) is 0.194. The molecule has 1 N–H and O–H groups in total. The molecule has 1 heterocycles. The predicted octanol–water partition coefficient (Wildman–Crippen LogP) is 4.89. The number of amides is 1. The van der Waals surface area contributed by atoms with E-state index in [9.17, 15) is 22.9 Å². The zero-order valence-corrected chi connectivity index (χ0v) is 21.0. The third-order valence-electron chi connectivity index (χ3n) is 5.05. The zero-order chi connectivity index (χ0) is 26.4. The molecule has 1 aromatic heterocycles. The second-order valence-corrected chi connectivity index (χ2v) is 10.4. The number of aromatic nitrogens is 2. The van der Waals surface area contributed by atoms with Gasteiger partial charge in [-0.3, -0.25) is 10.1 Å². The van der Waals surface area contributed by atoms with Gasteiger partial charge in [-0.15, -0.1) is 10.2 Å². The first-order chi connectivity index (χ1) is 17.7. The van der Waals surface area contributed by atoms with Crippen LogP contribution in [-0.2, 0) is 21.3 Å². The Hall–Kier alpha value is -4.40. The molecule has 0 spiro atoms. The van der Waals surface area contributed by atoms with Crippen LogP contribution in [0.15, 0.2) is 83.3 Å². The number of carbonyl (C=O) groups excluding carboxylic acids is 1. The second kappa shape index (κ2) is 11.1. The highest BCUT2D eigenvalue weighted by molar-refractivity contribution is 7.87. The van der Waals surface area contributed by atoms with Gasteiger partial charge in [-0.2, -0.15) is 13.7 Å². The highest BCUT2D eigenvalue weighted by atomic mass is 32.2. The molecule has 0 bridgehead atoms. The Morgan fingerprint density at radius 3 is 2.49 bits per heavy atom. The lowest BCUT2D eigenvalue weighted by atomic mass is 10.1. The van der Waals surface area contributed by atoms with Crippen LogP contribution in [0.4, 0.5) is 9.52 Å². The number of aryl methyl sites for hydroxylation is 1. The Labute approximate surface area is 216 Å². The normalized spacial score (nSPS) is 11.5. The third-order valence-corrected chi connectivity index (χ3v) is 7.14. The number of halogens is 1. The van der Waals surface area contributed by atoms with Crippen molar-refractivity contribution < 1.29 is 21.8 Å². The molecule has 4 aromatic rings. The molecule has 0 atom stereocenters. The minimum absolute atomic E-state index is 0.108. The number of nitrogens with zero attached hydrogens (tertiary/aromatic N) is 3. The Morgan fingerprint density at radius 1 is 1.08 bits per heavy atom. The van der Waals surface area contributed by atoms with Crippen molar-refractivity contribution in [3.8, 4) is 11.8 Å². The Morgan fingerprint density at radius 2 is 1.78 bits per heavy atom. The Balaban J connectivity index is 1.50. The summed E-state index contributed by atoms with van der Waals surface area (Å²) in [5.74, 6) is -1.44. The summed E-state index contributed by atoms with van der Waals surface area (Å²) in [7, 11) is -4.29. The molecule has 0 saturated heterocycles. The number of nitriles is 1. The van der Waals surface area contributed by atoms with E-state index in [1.807, 2.05) is 37.3 Å². The van der Waals surface area contributed by atoms with Crippen molar-refractivity contribution in [1.82, 2.24) is 10.2 Å². The molecule has 8 nitrogen and oxygen atoms in total. The SMILES string of the molecule is Cc1ccc(Cc2nnc(NC(=O)/C(C#N)=C/c3ccccc3OS(=O)(=O)c3ccc(F)cc3)s2)cc1. The van der Waals surface area contributed by atoms with E-state index in [0.29, 0.717) is 11.4 Å². The van der Waals surface area contributed by atoms with E-state index in [1.54, 1.807) is 6.07 Å². The fraction of sp³-hybridized carbons (Fsp3) is 0.0769. The largest absolute Gasteiger partial charge is 0.378 e. The molecule has 186 valence electrons. The minimum Gasteiger partial charge on any atom is -0.378 e.